The van der Waals surface area contributed by atoms with Crippen LogP contribution in [-0.4, -0.2) is 34.6 Å². The van der Waals surface area contributed by atoms with Gasteiger partial charge >= 0.3 is 5.97 Å². The summed E-state index contributed by atoms with van der Waals surface area (Å²) in [5.41, 5.74) is 3.68. The number of nitrogens with zero attached hydrogens (tertiary/aromatic N) is 2. The number of carbonyl (C=O) groups is 1. The summed E-state index contributed by atoms with van der Waals surface area (Å²) in [6, 6.07) is 13.1. The van der Waals surface area contributed by atoms with Crippen LogP contribution in [0.25, 0.3) is 10.8 Å². The molecule has 2 aromatic carbocycles. The van der Waals surface area contributed by atoms with E-state index < -0.39 is 0 Å². The summed E-state index contributed by atoms with van der Waals surface area (Å²) in [7, 11) is 1.43. The fourth-order valence-electron chi connectivity index (χ4n) is 3.99. The number of esters is 1. The lowest BCUT2D eigenvalue weighted by atomic mass is 9.99. The quantitative estimate of drug-likeness (QED) is 0.197. The minimum atomic E-state index is -0.171. The van der Waals surface area contributed by atoms with Gasteiger partial charge in [0, 0.05) is 35.4 Å². The number of thioether (sulfide) groups is 2. The number of anilines is 2. The van der Waals surface area contributed by atoms with Gasteiger partial charge in [0.05, 0.1) is 17.7 Å². The Morgan fingerprint density at radius 2 is 2.03 bits per heavy atom. The Balaban J connectivity index is 1.41. The minimum Gasteiger partial charge on any atom is -0.469 e. The molecule has 1 saturated carbocycles. The number of hydrogen-bond acceptors (Lipinski definition) is 7. The van der Waals surface area contributed by atoms with E-state index in [1.165, 1.54) is 36.3 Å². The van der Waals surface area contributed by atoms with Crippen molar-refractivity contribution in [3.63, 3.8) is 0 Å². The zero-order valence-corrected chi connectivity index (χ0v) is 19.2. The van der Waals surface area contributed by atoms with Crippen LogP contribution in [0.2, 0.25) is 0 Å². The van der Waals surface area contributed by atoms with Crippen LogP contribution in [0.15, 0.2) is 46.5 Å². The van der Waals surface area contributed by atoms with E-state index in [9.17, 15) is 4.79 Å². The first-order valence-electron chi connectivity index (χ1n) is 10.7. The number of fused-ring (bicyclic) bond motifs is 2. The molecule has 1 aliphatic carbocycles. The topological polar surface area (TPSA) is 64.1 Å². The molecule has 0 saturated heterocycles. The van der Waals surface area contributed by atoms with Gasteiger partial charge in [-0.1, -0.05) is 42.1 Å². The van der Waals surface area contributed by atoms with Crippen molar-refractivity contribution in [2.45, 2.75) is 48.1 Å². The van der Waals surface area contributed by atoms with Gasteiger partial charge in [-0.3, -0.25) is 4.79 Å². The maximum absolute atomic E-state index is 11.3. The molecule has 31 heavy (non-hydrogen) atoms. The SMILES string of the molecule is COC(=O)CCCSc1nc2c(c(Nc3ccc(C4CC4)c4ccccc34)n1)SCC2. The number of carbonyl (C=O) groups excluding carboxylic acids is 1. The first kappa shape index (κ1) is 20.6. The minimum absolute atomic E-state index is 0.171. The monoisotopic (exact) mass is 451 g/mol. The standard InChI is InChI=1S/C24H25N3O2S2/c1-29-21(28)7-4-13-31-24-26-20-12-14-30-22(20)23(27-24)25-19-11-10-16(15-8-9-15)17-5-2-3-6-18(17)19/h2-3,5-6,10-11,15H,4,7-9,12-14H2,1H3,(H,25,26,27). The first-order valence-corrected chi connectivity index (χ1v) is 12.7. The molecule has 0 radical (unpaired) electrons. The number of aromatic nitrogens is 2. The van der Waals surface area contributed by atoms with Gasteiger partial charge in [0.1, 0.15) is 5.82 Å². The Hall–Kier alpha value is -2.25. The van der Waals surface area contributed by atoms with Crippen molar-refractivity contribution >= 4 is 51.8 Å². The molecule has 0 atom stereocenters. The summed E-state index contributed by atoms with van der Waals surface area (Å²) < 4.78 is 4.72. The average molecular weight is 452 g/mol. The molecular formula is C24H25N3O2S2. The molecular weight excluding hydrogens is 426 g/mol. The van der Waals surface area contributed by atoms with Gasteiger partial charge in [0.2, 0.25) is 0 Å². The third-order valence-electron chi connectivity index (χ3n) is 5.71. The van der Waals surface area contributed by atoms with Crippen LogP contribution in [0.1, 0.15) is 42.9 Å². The van der Waals surface area contributed by atoms with Gasteiger partial charge in [-0.05, 0) is 42.2 Å². The lowest BCUT2D eigenvalue weighted by molar-refractivity contribution is -0.140. The van der Waals surface area contributed by atoms with Crippen LogP contribution < -0.4 is 5.32 Å². The fourth-order valence-corrected chi connectivity index (χ4v) is 5.83. The normalized spacial score (nSPS) is 15.1. The first-order chi connectivity index (χ1) is 15.2. The maximum atomic E-state index is 11.3. The number of aryl methyl sites for hydroxylation is 1. The number of methoxy groups -OCH3 is 1. The van der Waals surface area contributed by atoms with Crippen molar-refractivity contribution in [1.82, 2.24) is 9.97 Å². The van der Waals surface area contributed by atoms with E-state index in [1.54, 1.807) is 11.8 Å². The van der Waals surface area contributed by atoms with Crippen LogP contribution in [0, 0.1) is 0 Å². The molecule has 0 amide bonds. The second-order valence-electron chi connectivity index (χ2n) is 7.90. The lowest BCUT2D eigenvalue weighted by Gasteiger charge is -2.15. The van der Waals surface area contributed by atoms with Crippen LogP contribution in [0.5, 0.6) is 0 Å². The lowest BCUT2D eigenvalue weighted by Crippen LogP contribution is -2.03. The van der Waals surface area contributed by atoms with E-state index in [1.807, 2.05) is 11.8 Å². The summed E-state index contributed by atoms with van der Waals surface area (Å²) >= 11 is 3.43. The molecule has 1 N–H and O–H groups in total. The fraction of sp³-hybridized carbons (Fsp3) is 0.375. The summed E-state index contributed by atoms with van der Waals surface area (Å²) in [5.74, 6) is 3.27. The Labute approximate surface area is 190 Å². The average Bonchev–Trinajstić information content (AvgIpc) is 3.53. The summed E-state index contributed by atoms with van der Waals surface area (Å²) in [5, 5.41) is 6.99. The van der Waals surface area contributed by atoms with Crippen molar-refractivity contribution in [2.24, 2.45) is 0 Å². The summed E-state index contributed by atoms with van der Waals surface area (Å²) in [4.78, 5) is 22.1. The zero-order chi connectivity index (χ0) is 21.2. The molecule has 0 spiro atoms. The molecule has 2 aliphatic rings. The molecule has 0 bridgehead atoms. The number of benzene rings is 2. The second kappa shape index (κ2) is 9.09. The molecule has 0 unspecified atom stereocenters. The van der Waals surface area contributed by atoms with Crippen molar-refractivity contribution in [3.8, 4) is 0 Å². The van der Waals surface area contributed by atoms with Crippen molar-refractivity contribution in [3.05, 3.63) is 47.7 Å². The van der Waals surface area contributed by atoms with Crippen molar-refractivity contribution < 1.29 is 9.53 Å². The predicted molar refractivity (Wildman–Crippen MR) is 128 cm³/mol. The second-order valence-corrected chi connectivity index (χ2v) is 10.1. The van der Waals surface area contributed by atoms with Crippen molar-refractivity contribution in [2.75, 3.05) is 23.9 Å². The van der Waals surface area contributed by atoms with E-state index >= 15 is 0 Å². The van der Waals surface area contributed by atoms with Crippen LogP contribution in [0.3, 0.4) is 0 Å². The van der Waals surface area contributed by atoms with Gasteiger partial charge in [-0.15, -0.1) is 11.8 Å². The van der Waals surface area contributed by atoms with Crippen LogP contribution >= 0.6 is 23.5 Å². The smallest absolute Gasteiger partial charge is 0.305 e. The Bertz CT molecular complexity index is 1130. The maximum Gasteiger partial charge on any atom is 0.305 e. The highest BCUT2D eigenvalue weighted by Crippen LogP contribution is 2.45. The third kappa shape index (κ3) is 4.53. The highest BCUT2D eigenvalue weighted by atomic mass is 32.2. The Kier molecular flexibility index (Phi) is 6.05. The van der Waals surface area contributed by atoms with E-state index in [0.29, 0.717) is 12.3 Å². The molecule has 1 aromatic heterocycles. The molecule has 1 fully saturated rings. The summed E-state index contributed by atoms with van der Waals surface area (Å²) in [6.07, 6.45) is 4.73. The van der Waals surface area contributed by atoms with Gasteiger partial charge in [0.15, 0.2) is 5.16 Å². The molecule has 7 heteroatoms. The highest BCUT2D eigenvalue weighted by Gasteiger charge is 2.26. The Morgan fingerprint density at radius 1 is 1.19 bits per heavy atom. The molecule has 5 rings (SSSR count). The van der Waals surface area contributed by atoms with E-state index in [0.717, 1.165) is 51.6 Å². The highest BCUT2D eigenvalue weighted by molar-refractivity contribution is 8.00. The third-order valence-corrected chi connectivity index (χ3v) is 7.77. The largest absolute Gasteiger partial charge is 0.469 e. The predicted octanol–water partition coefficient (Wildman–Crippen LogP) is 5.94. The van der Waals surface area contributed by atoms with Gasteiger partial charge in [-0.25, -0.2) is 9.97 Å². The number of nitrogens with one attached hydrogen (secondary N) is 1. The van der Waals surface area contributed by atoms with Crippen LogP contribution in [0.4, 0.5) is 11.5 Å². The number of rotatable bonds is 8. The molecule has 5 nitrogen and oxygen atoms in total. The van der Waals surface area contributed by atoms with Crippen LogP contribution in [-0.2, 0) is 16.0 Å². The number of hydrogen-bond donors (Lipinski definition) is 1. The Morgan fingerprint density at radius 3 is 2.84 bits per heavy atom. The van der Waals surface area contributed by atoms with E-state index in [2.05, 4.69) is 41.7 Å². The summed E-state index contributed by atoms with van der Waals surface area (Å²) in [6.45, 7) is 0. The molecule has 1 aliphatic heterocycles. The zero-order valence-electron chi connectivity index (χ0n) is 17.5. The molecule has 160 valence electrons. The van der Waals surface area contributed by atoms with Crippen molar-refractivity contribution in [1.29, 1.82) is 0 Å². The van der Waals surface area contributed by atoms with E-state index in [4.69, 9.17) is 14.7 Å². The molecule has 3 aromatic rings. The van der Waals surface area contributed by atoms with E-state index in [-0.39, 0.29) is 5.97 Å². The molecule has 2 heterocycles. The van der Waals surface area contributed by atoms with Gasteiger partial charge < -0.3 is 10.1 Å². The van der Waals surface area contributed by atoms with Gasteiger partial charge in [0.25, 0.3) is 0 Å². The number of ether oxygens (including phenoxy) is 1. The van der Waals surface area contributed by atoms with Gasteiger partial charge in [-0.2, -0.15) is 0 Å².